The first-order valence-corrected chi connectivity index (χ1v) is 6.53. The molecule has 0 heterocycles. The fourth-order valence-electron chi connectivity index (χ4n) is 1.92. The number of Topliss-reactive ketones (excluding diaryl/α,β-unsaturated/α-hetero) is 1. The van der Waals surface area contributed by atoms with Crippen molar-refractivity contribution in [2.24, 2.45) is 11.3 Å². The Hall–Kier alpha value is -0.380. The quantitative estimate of drug-likeness (QED) is 0.551. The van der Waals surface area contributed by atoms with Crippen molar-refractivity contribution in [3.63, 3.8) is 0 Å². The van der Waals surface area contributed by atoms with Gasteiger partial charge >= 0.3 is 5.97 Å². The summed E-state index contributed by atoms with van der Waals surface area (Å²) in [4.78, 5) is 22.6. The van der Waals surface area contributed by atoms with Gasteiger partial charge in [-0.2, -0.15) is 0 Å². The van der Waals surface area contributed by atoms with Crippen LogP contribution in [0.1, 0.15) is 40.5 Å². The summed E-state index contributed by atoms with van der Waals surface area (Å²) in [6, 6.07) is 0. The van der Waals surface area contributed by atoms with Crippen LogP contribution in [0.2, 0.25) is 0 Å². The number of ether oxygens (including phenoxy) is 1. The van der Waals surface area contributed by atoms with Gasteiger partial charge in [-0.15, -0.1) is 0 Å². The maximum absolute atomic E-state index is 11.6. The van der Waals surface area contributed by atoms with Gasteiger partial charge in [0, 0.05) is 6.42 Å². The number of ketones is 1. The van der Waals surface area contributed by atoms with E-state index in [1.807, 2.05) is 27.7 Å². The minimum Gasteiger partial charge on any atom is -0.469 e. The highest BCUT2D eigenvalue weighted by Crippen LogP contribution is 2.40. The lowest BCUT2D eigenvalue weighted by Gasteiger charge is -2.35. The molecule has 2 atom stereocenters. The van der Waals surface area contributed by atoms with Gasteiger partial charge in [0.1, 0.15) is 5.78 Å². The molecule has 0 aromatic carbocycles. The van der Waals surface area contributed by atoms with Crippen molar-refractivity contribution >= 4 is 27.7 Å². The van der Waals surface area contributed by atoms with Gasteiger partial charge in [0.15, 0.2) is 0 Å². The van der Waals surface area contributed by atoms with Crippen molar-refractivity contribution in [2.75, 3.05) is 7.11 Å². The summed E-state index contributed by atoms with van der Waals surface area (Å²) in [6.07, 6.45) is 1.22. The molecule has 0 aliphatic heterocycles. The molecule has 0 saturated heterocycles. The Morgan fingerprint density at radius 3 is 2.38 bits per heavy atom. The average molecular weight is 293 g/mol. The summed E-state index contributed by atoms with van der Waals surface area (Å²) < 4.78 is 4.68. The second-order valence-electron chi connectivity index (χ2n) is 4.54. The Labute approximate surface area is 106 Å². The molecule has 0 aromatic heterocycles. The molecule has 0 spiro atoms. The molecule has 1 rings (SSSR count). The number of carbonyl (C=O) groups excluding carboxylic acids is 2. The van der Waals surface area contributed by atoms with Crippen molar-refractivity contribution in [3.05, 3.63) is 0 Å². The van der Waals surface area contributed by atoms with Gasteiger partial charge < -0.3 is 4.74 Å². The predicted octanol–water partition coefficient (Wildman–Crippen LogP) is 2.95. The molecule has 1 fully saturated rings. The molecule has 0 N–H and O–H groups in total. The van der Waals surface area contributed by atoms with E-state index in [1.54, 1.807) is 0 Å². The number of esters is 1. The first-order chi connectivity index (χ1) is 7.37. The van der Waals surface area contributed by atoms with Crippen molar-refractivity contribution in [1.29, 1.82) is 0 Å². The fraction of sp³-hybridized carbons (Fsp3) is 0.833. The summed E-state index contributed by atoms with van der Waals surface area (Å²) >= 11 is 3.26. The Balaban J connectivity index is 0.00000106. The largest absolute Gasteiger partial charge is 0.469 e. The molecular formula is C12H21BrO3. The van der Waals surface area contributed by atoms with E-state index in [-0.39, 0.29) is 27.9 Å². The zero-order chi connectivity index (χ0) is 12.9. The van der Waals surface area contributed by atoms with Crippen LogP contribution < -0.4 is 0 Å². The van der Waals surface area contributed by atoms with Gasteiger partial charge in [0.25, 0.3) is 0 Å². The summed E-state index contributed by atoms with van der Waals surface area (Å²) in [6.45, 7) is 8.00. The van der Waals surface area contributed by atoms with Crippen LogP contribution in [0, 0.1) is 11.3 Å². The standard InChI is InChI=1S/C10H15BrO3.C2H6/c1-10(2)4-6(9(13)14-3)8(11)7(12)5-10;1-2/h6,8H,4-5H2,1-3H3;1-2H3. The van der Waals surface area contributed by atoms with Crippen LogP contribution in [0.4, 0.5) is 0 Å². The lowest BCUT2D eigenvalue weighted by atomic mass is 9.71. The number of carbonyl (C=O) groups is 2. The third kappa shape index (κ3) is 3.89. The van der Waals surface area contributed by atoms with Crippen LogP contribution in [-0.4, -0.2) is 23.7 Å². The zero-order valence-electron chi connectivity index (χ0n) is 10.7. The lowest BCUT2D eigenvalue weighted by molar-refractivity contribution is -0.150. The Morgan fingerprint density at radius 1 is 1.44 bits per heavy atom. The molecule has 1 aliphatic carbocycles. The molecule has 0 aromatic rings. The molecule has 1 saturated carbocycles. The maximum atomic E-state index is 11.6. The van der Waals surface area contributed by atoms with Gasteiger partial charge in [-0.3, -0.25) is 9.59 Å². The number of alkyl halides is 1. The van der Waals surface area contributed by atoms with E-state index in [4.69, 9.17) is 0 Å². The van der Waals surface area contributed by atoms with E-state index in [1.165, 1.54) is 7.11 Å². The SMILES string of the molecule is CC.COC(=O)C1CC(C)(C)CC(=O)C1Br. The van der Waals surface area contributed by atoms with E-state index in [9.17, 15) is 9.59 Å². The highest BCUT2D eigenvalue weighted by atomic mass is 79.9. The van der Waals surface area contributed by atoms with Gasteiger partial charge in [0.2, 0.25) is 0 Å². The van der Waals surface area contributed by atoms with E-state index in [0.717, 1.165) is 0 Å². The van der Waals surface area contributed by atoms with E-state index >= 15 is 0 Å². The third-order valence-corrected chi connectivity index (χ3v) is 3.74. The molecule has 0 bridgehead atoms. The van der Waals surface area contributed by atoms with Crippen LogP contribution in [0.25, 0.3) is 0 Å². The third-order valence-electron chi connectivity index (χ3n) is 2.59. The van der Waals surface area contributed by atoms with Gasteiger partial charge in [-0.25, -0.2) is 0 Å². The molecule has 2 unspecified atom stereocenters. The van der Waals surface area contributed by atoms with E-state index in [0.29, 0.717) is 12.8 Å². The molecular weight excluding hydrogens is 272 g/mol. The predicted molar refractivity (Wildman–Crippen MR) is 67.6 cm³/mol. The van der Waals surface area contributed by atoms with Gasteiger partial charge in [-0.1, -0.05) is 43.6 Å². The fourth-order valence-corrected chi connectivity index (χ4v) is 2.48. The zero-order valence-corrected chi connectivity index (χ0v) is 12.3. The topological polar surface area (TPSA) is 43.4 Å². The summed E-state index contributed by atoms with van der Waals surface area (Å²) in [7, 11) is 1.36. The minimum atomic E-state index is -0.372. The molecule has 16 heavy (non-hydrogen) atoms. The number of rotatable bonds is 1. The van der Waals surface area contributed by atoms with E-state index < -0.39 is 0 Å². The average Bonchev–Trinajstić information content (AvgIpc) is 2.24. The molecule has 0 radical (unpaired) electrons. The molecule has 1 aliphatic rings. The smallest absolute Gasteiger partial charge is 0.310 e. The molecule has 0 amide bonds. The lowest BCUT2D eigenvalue weighted by Crippen LogP contribution is -2.41. The van der Waals surface area contributed by atoms with Crippen molar-refractivity contribution in [3.8, 4) is 0 Å². The Morgan fingerprint density at radius 2 is 1.94 bits per heavy atom. The van der Waals surface area contributed by atoms with Gasteiger partial charge in [0.05, 0.1) is 17.9 Å². The van der Waals surface area contributed by atoms with Crippen LogP contribution in [-0.2, 0) is 14.3 Å². The summed E-state index contributed by atoms with van der Waals surface area (Å²) in [5, 5.41) is 0. The normalized spacial score (nSPS) is 27.8. The van der Waals surface area contributed by atoms with Gasteiger partial charge in [-0.05, 0) is 11.8 Å². The number of hydrogen-bond acceptors (Lipinski definition) is 3. The summed E-state index contributed by atoms with van der Waals surface area (Å²) in [5.74, 6) is -0.541. The Kier molecular flexibility index (Phi) is 6.23. The number of hydrogen-bond donors (Lipinski definition) is 0. The molecule has 3 nitrogen and oxygen atoms in total. The molecule has 4 heteroatoms. The van der Waals surface area contributed by atoms with E-state index in [2.05, 4.69) is 20.7 Å². The van der Waals surface area contributed by atoms with Crippen molar-refractivity contribution in [2.45, 2.75) is 45.4 Å². The van der Waals surface area contributed by atoms with Crippen LogP contribution in [0.5, 0.6) is 0 Å². The first-order valence-electron chi connectivity index (χ1n) is 5.62. The highest BCUT2D eigenvalue weighted by molar-refractivity contribution is 9.10. The molecule has 94 valence electrons. The second kappa shape index (κ2) is 6.38. The maximum Gasteiger partial charge on any atom is 0.310 e. The highest BCUT2D eigenvalue weighted by Gasteiger charge is 2.43. The number of methoxy groups -OCH3 is 1. The monoisotopic (exact) mass is 292 g/mol. The van der Waals surface area contributed by atoms with Crippen LogP contribution in [0.15, 0.2) is 0 Å². The first kappa shape index (κ1) is 15.6. The summed E-state index contributed by atoms with van der Waals surface area (Å²) in [5.41, 5.74) is -0.0970. The van der Waals surface area contributed by atoms with Crippen LogP contribution in [0.3, 0.4) is 0 Å². The van der Waals surface area contributed by atoms with Crippen molar-refractivity contribution < 1.29 is 14.3 Å². The number of halogens is 1. The van der Waals surface area contributed by atoms with Crippen molar-refractivity contribution in [1.82, 2.24) is 0 Å². The Bertz CT molecular complexity index is 261. The van der Waals surface area contributed by atoms with Crippen LogP contribution >= 0.6 is 15.9 Å². The minimum absolute atomic E-state index is 0.0941. The second-order valence-corrected chi connectivity index (χ2v) is 5.53.